The molecule has 1 amide bonds. The first kappa shape index (κ1) is 20.5. The van der Waals surface area contributed by atoms with E-state index in [1.54, 1.807) is 19.5 Å². The number of benzene rings is 1. The second-order valence-electron chi connectivity index (χ2n) is 6.04. The van der Waals surface area contributed by atoms with E-state index >= 15 is 0 Å². The summed E-state index contributed by atoms with van der Waals surface area (Å²) in [6.07, 6.45) is 3.39. The lowest BCUT2D eigenvalue weighted by Gasteiger charge is -2.08. The minimum Gasteiger partial charge on any atom is -0.497 e. The fourth-order valence-corrected chi connectivity index (χ4v) is 3.38. The van der Waals surface area contributed by atoms with Crippen molar-refractivity contribution in [3.63, 3.8) is 0 Å². The molecule has 3 rings (SSSR count). The number of nitrogens with zero attached hydrogens (tertiary/aromatic N) is 5. The van der Waals surface area contributed by atoms with E-state index in [0.29, 0.717) is 17.4 Å². The Morgan fingerprint density at radius 2 is 2.03 bits per heavy atom. The quantitative estimate of drug-likeness (QED) is 0.349. The van der Waals surface area contributed by atoms with Crippen molar-refractivity contribution in [3.8, 4) is 17.1 Å². The highest BCUT2D eigenvalue weighted by Gasteiger charge is 2.14. The first-order valence-corrected chi connectivity index (χ1v) is 10.0. The predicted molar refractivity (Wildman–Crippen MR) is 113 cm³/mol. The Balaban J connectivity index is 1.63. The SMILES string of the molecule is CCn1c(SCC(=O)NN=C(C)c2cccnc2)nnc1-c1ccc(OC)cc1. The van der Waals surface area contributed by atoms with Crippen LogP contribution in [-0.2, 0) is 11.3 Å². The van der Waals surface area contributed by atoms with Crippen LogP contribution in [0.5, 0.6) is 5.75 Å². The van der Waals surface area contributed by atoms with Gasteiger partial charge in [-0.2, -0.15) is 5.10 Å². The van der Waals surface area contributed by atoms with Crippen LogP contribution in [0.4, 0.5) is 0 Å². The Hall–Kier alpha value is -3.20. The number of thioether (sulfide) groups is 1. The summed E-state index contributed by atoms with van der Waals surface area (Å²) in [5.41, 5.74) is 5.05. The van der Waals surface area contributed by atoms with E-state index in [1.165, 1.54) is 11.8 Å². The predicted octanol–water partition coefficient (Wildman–Crippen LogP) is 3.00. The van der Waals surface area contributed by atoms with Gasteiger partial charge in [-0.05, 0) is 44.2 Å². The molecule has 0 spiro atoms. The van der Waals surface area contributed by atoms with Gasteiger partial charge in [-0.15, -0.1) is 10.2 Å². The summed E-state index contributed by atoms with van der Waals surface area (Å²) >= 11 is 1.32. The number of hydrogen-bond donors (Lipinski definition) is 1. The average molecular weight is 411 g/mol. The first-order chi connectivity index (χ1) is 14.1. The van der Waals surface area contributed by atoms with Gasteiger partial charge in [0.2, 0.25) is 0 Å². The monoisotopic (exact) mass is 410 g/mol. The second kappa shape index (κ2) is 9.83. The van der Waals surface area contributed by atoms with E-state index in [-0.39, 0.29) is 11.7 Å². The molecular weight excluding hydrogens is 388 g/mol. The number of aromatic nitrogens is 4. The second-order valence-corrected chi connectivity index (χ2v) is 6.98. The van der Waals surface area contributed by atoms with Gasteiger partial charge >= 0.3 is 0 Å². The number of ether oxygens (including phenoxy) is 1. The summed E-state index contributed by atoms with van der Waals surface area (Å²) in [7, 11) is 1.63. The molecule has 0 unspecified atom stereocenters. The standard InChI is InChI=1S/C20H22N6O2S/c1-4-26-19(15-7-9-17(28-3)10-8-15)24-25-20(26)29-13-18(27)23-22-14(2)16-6-5-11-21-12-16/h5-12H,4,13H2,1-3H3,(H,23,27). The van der Waals surface area contributed by atoms with Crippen LogP contribution in [-0.4, -0.2) is 44.2 Å². The van der Waals surface area contributed by atoms with Gasteiger partial charge in [-0.3, -0.25) is 9.78 Å². The van der Waals surface area contributed by atoms with Crippen LogP contribution in [0.25, 0.3) is 11.4 Å². The molecule has 0 aliphatic heterocycles. The Morgan fingerprint density at radius 1 is 1.24 bits per heavy atom. The van der Waals surface area contributed by atoms with Crippen LogP contribution in [0.1, 0.15) is 19.4 Å². The molecule has 150 valence electrons. The van der Waals surface area contributed by atoms with Crippen molar-refractivity contribution in [2.45, 2.75) is 25.5 Å². The highest BCUT2D eigenvalue weighted by atomic mass is 32.2. The molecule has 2 heterocycles. The molecule has 3 aromatic rings. The number of amides is 1. The van der Waals surface area contributed by atoms with Crippen molar-refractivity contribution in [1.82, 2.24) is 25.2 Å². The maximum atomic E-state index is 12.2. The zero-order valence-corrected chi connectivity index (χ0v) is 17.3. The summed E-state index contributed by atoms with van der Waals surface area (Å²) in [5.74, 6) is 1.51. The fourth-order valence-electron chi connectivity index (χ4n) is 2.58. The Morgan fingerprint density at radius 3 is 2.69 bits per heavy atom. The van der Waals surface area contributed by atoms with Gasteiger partial charge < -0.3 is 9.30 Å². The Labute approximate surface area is 173 Å². The summed E-state index contributed by atoms with van der Waals surface area (Å²) in [4.78, 5) is 16.2. The summed E-state index contributed by atoms with van der Waals surface area (Å²) < 4.78 is 7.17. The first-order valence-electron chi connectivity index (χ1n) is 9.06. The lowest BCUT2D eigenvalue weighted by Crippen LogP contribution is -2.21. The molecule has 8 nitrogen and oxygen atoms in total. The average Bonchev–Trinajstić information content (AvgIpc) is 3.19. The molecule has 1 N–H and O–H groups in total. The van der Waals surface area contributed by atoms with Crippen LogP contribution in [0.2, 0.25) is 0 Å². The van der Waals surface area contributed by atoms with Gasteiger partial charge in [0.1, 0.15) is 5.75 Å². The lowest BCUT2D eigenvalue weighted by atomic mass is 10.2. The summed E-state index contributed by atoms with van der Waals surface area (Å²) in [6.45, 7) is 4.53. The maximum Gasteiger partial charge on any atom is 0.250 e. The van der Waals surface area contributed by atoms with Gasteiger partial charge in [0.25, 0.3) is 5.91 Å². The summed E-state index contributed by atoms with van der Waals surface area (Å²) in [6, 6.07) is 11.3. The third-order valence-corrected chi connectivity index (χ3v) is 5.11. The number of nitrogens with one attached hydrogen (secondary N) is 1. The topological polar surface area (TPSA) is 94.3 Å². The van der Waals surface area contributed by atoms with Crippen molar-refractivity contribution >= 4 is 23.4 Å². The number of rotatable bonds is 8. The fraction of sp³-hybridized carbons (Fsp3) is 0.250. The molecule has 0 radical (unpaired) electrons. The van der Waals surface area contributed by atoms with E-state index in [4.69, 9.17) is 4.74 Å². The number of methoxy groups -OCH3 is 1. The van der Waals surface area contributed by atoms with Gasteiger partial charge in [-0.1, -0.05) is 17.8 Å². The molecule has 0 bridgehead atoms. The minimum atomic E-state index is -0.213. The number of carbonyl (C=O) groups is 1. The summed E-state index contributed by atoms with van der Waals surface area (Å²) in [5, 5.41) is 13.3. The molecule has 9 heteroatoms. The Bertz CT molecular complexity index is 986. The molecular formula is C20H22N6O2S. The van der Waals surface area contributed by atoms with Crippen molar-refractivity contribution in [2.75, 3.05) is 12.9 Å². The highest BCUT2D eigenvalue weighted by molar-refractivity contribution is 7.99. The molecule has 0 saturated carbocycles. The van der Waals surface area contributed by atoms with Crippen molar-refractivity contribution in [1.29, 1.82) is 0 Å². The van der Waals surface area contributed by atoms with Crippen LogP contribution in [0.15, 0.2) is 59.0 Å². The zero-order valence-electron chi connectivity index (χ0n) is 16.5. The molecule has 0 saturated heterocycles. The lowest BCUT2D eigenvalue weighted by molar-refractivity contribution is -0.118. The molecule has 0 aliphatic carbocycles. The van der Waals surface area contributed by atoms with Gasteiger partial charge in [-0.25, -0.2) is 5.43 Å². The molecule has 0 aliphatic rings. The molecule has 0 atom stereocenters. The van der Waals surface area contributed by atoms with E-state index in [2.05, 4.69) is 25.7 Å². The number of carbonyl (C=O) groups excluding carboxylic acids is 1. The number of hydrogen-bond acceptors (Lipinski definition) is 7. The number of hydrazone groups is 1. The van der Waals surface area contributed by atoms with Crippen LogP contribution < -0.4 is 10.2 Å². The van der Waals surface area contributed by atoms with E-state index < -0.39 is 0 Å². The maximum absolute atomic E-state index is 12.2. The number of pyridine rings is 1. The minimum absolute atomic E-state index is 0.185. The Kier molecular flexibility index (Phi) is 6.96. The van der Waals surface area contributed by atoms with Crippen LogP contribution in [0.3, 0.4) is 0 Å². The van der Waals surface area contributed by atoms with E-state index in [9.17, 15) is 4.79 Å². The highest BCUT2D eigenvalue weighted by Crippen LogP contribution is 2.25. The van der Waals surface area contributed by atoms with E-state index in [1.807, 2.05) is 54.8 Å². The van der Waals surface area contributed by atoms with Crippen molar-refractivity contribution in [2.24, 2.45) is 5.10 Å². The smallest absolute Gasteiger partial charge is 0.250 e. The zero-order chi connectivity index (χ0) is 20.6. The van der Waals surface area contributed by atoms with Gasteiger partial charge in [0.05, 0.1) is 18.6 Å². The van der Waals surface area contributed by atoms with Crippen molar-refractivity contribution < 1.29 is 9.53 Å². The molecule has 1 aromatic carbocycles. The normalized spacial score (nSPS) is 11.3. The van der Waals surface area contributed by atoms with E-state index in [0.717, 1.165) is 22.7 Å². The van der Waals surface area contributed by atoms with Gasteiger partial charge in [0, 0.05) is 30.1 Å². The van der Waals surface area contributed by atoms with Crippen molar-refractivity contribution in [3.05, 3.63) is 54.4 Å². The third-order valence-electron chi connectivity index (χ3n) is 4.14. The third kappa shape index (κ3) is 5.20. The molecule has 0 fully saturated rings. The van der Waals surface area contributed by atoms with Crippen LogP contribution in [0, 0.1) is 0 Å². The largest absolute Gasteiger partial charge is 0.497 e. The molecule has 29 heavy (non-hydrogen) atoms. The van der Waals surface area contributed by atoms with Crippen LogP contribution >= 0.6 is 11.8 Å². The molecule has 2 aromatic heterocycles. The van der Waals surface area contributed by atoms with Gasteiger partial charge in [0.15, 0.2) is 11.0 Å².